The van der Waals surface area contributed by atoms with Crippen LogP contribution >= 0.6 is 0 Å². The first-order valence-electron chi connectivity index (χ1n) is 18.2. The number of sulfonamides is 1. The van der Waals surface area contributed by atoms with Crippen molar-refractivity contribution in [3.05, 3.63) is 156 Å². The lowest BCUT2D eigenvalue weighted by Crippen LogP contribution is -2.41. The van der Waals surface area contributed by atoms with Gasteiger partial charge >= 0.3 is 0 Å². The van der Waals surface area contributed by atoms with Gasteiger partial charge in [-0.1, -0.05) is 48.5 Å². The molecule has 0 bridgehead atoms. The number of carbonyl (C=O) groups excluding carboxylic acids is 3. The summed E-state index contributed by atoms with van der Waals surface area (Å²) in [7, 11) is -3.44. The van der Waals surface area contributed by atoms with Crippen molar-refractivity contribution in [2.45, 2.75) is 24.3 Å². The van der Waals surface area contributed by atoms with Crippen LogP contribution < -0.4 is 16.0 Å². The molecule has 1 fully saturated rings. The van der Waals surface area contributed by atoms with E-state index >= 15 is 0 Å². The number of pyridine rings is 2. The molecule has 5 N–H and O–H groups in total. The van der Waals surface area contributed by atoms with Crippen molar-refractivity contribution in [2.24, 2.45) is 5.92 Å². The molecule has 3 amide bonds. The number of hydrogen-bond acceptors (Lipinski definition) is 7. The molecule has 1 aliphatic heterocycles. The Bertz CT molecular complexity index is 2480. The molecule has 14 heteroatoms. The standard InChI is InChI=1S/C22H18N4O2.C20H22N4O3S/c27-21(16-4-2-1-3-5-16)25-18-8-6-15(7-9-18)13-24-22(28)20-12-17-14-23-11-10-19(17)26-20;25-20(19-12-16-14-21-9-6-18(16)23-19)22-13-15-7-10-24(11-8-15)28(26,27)17-4-2-1-3-5-17/h1-12,14,26H,13H2,(H,24,28)(H,25,27);1-6,9,12,14-15,23H,7-8,10-11,13H2,(H,22,25). The second-order valence-corrected chi connectivity index (χ2v) is 15.3. The minimum Gasteiger partial charge on any atom is -0.350 e. The van der Waals surface area contributed by atoms with E-state index in [1.165, 1.54) is 4.31 Å². The van der Waals surface area contributed by atoms with E-state index in [0.717, 1.165) is 40.2 Å². The summed E-state index contributed by atoms with van der Waals surface area (Å²) in [4.78, 5) is 51.5. The van der Waals surface area contributed by atoms with Crippen molar-refractivity contribution in [3.8, 4) is 0 Å². The summed E-state index contributed by atoms with van der Waals surface area (Å²) < 4.78 is 26.9. The number of carbonyl (C=O) groups is 3. The van der Waals surface area contributed by atoms with Gasteiger partial charge in [-0.2, -0.15) is 4.31 Å². The van der Waals surface area contributed by atoms with E-state index in [4.69, 9.17) is 0 Å². The summed E-state index contributed by atoms with van der Waals surface area (Å²) in [6, 6.07) is 32.1. The maximum absolute atomic E-state index is 12.7. The molecule has 0 aliphatic carbocycles. The molecule has 0 unspecified atom stereocenters. The fourth-order valence-corrected chi connectivity index (χ4v) is 7.88. The van der Waals surface area contributed by atoms with Crippen LogP contribution in [0, 0.1) is 5.92 Å². The number of aromatic amines is 2. The number of hydrogen-bond donors (Lipinski definition) is 5. The number of fused-ring (bicyclic) bond motifs is 2. The van der Waals surface area contributed by atoms with Crippen LogP contribution in [-0.4, -0.2) is 70.0 Å². The summed E-state index contributed by atoms with van der Waals surface area (Å²) in [5.41, 5.74) is 4.99. The Morgan fingerprint density at radius 3 is 1.80 bits per heavy atom. The molecule has 13 nitrogen and oxygen atoms in total. The van der Waals surface area contributed by atoms with Crippen molar-refractivity contribution in [1.82, 2.24) is 34.9 Å². The molecule has 0 spiro atoms. The van der Waals surface area contributed by atoms with Gasteiger partial charge in [0.25, 0.3) is 17.7 Å². The lowest BCUT2D eigenvalue weighted by Gasteiger charge is -2.31. The first-order chi connectivity index (χ1) is 27.2. The van der Waals surface area contributed by atoms with Crippen LogP contribution in [0.15, 0.2) is 139 Å². The van der Waals surface area contributed by atoms with Gasteiger partial charge in [0.2, 0.25) is 10.0 Å². The highest BCUT2D eigenvalue weighted by Crippen LogP contribution is 2.24. The first-order valence-corrected chi connectivity index (χ1v) is 19.6. The lowest BCUT2D eigenvalue weighted by molar-refractivity contribution is 0.0933. The zero-order valence-electron chi connectivity index (χ0n) is 30.3. The van der Waals surface area contributed by atoms with Crippen LogP contribution in [-0.2, 0) is 16.6 Å². The Morgan fingerprint density at radius 2 is 1.23 bits per heavy atom. The molecule has 5 heterocycles. The molecule has 1 saturated heterocycles. The Balaban J connectivity index is 0.000000172. The van der Waals surface area contributed by atoms with Crippen LogP contribution in [0.5, 0.6) is 0 Å². The van der Waals surface area contributed by atoms with E-state index in [0.29, 0.717) is 53.7 Å². The number of H-pyrrole nitrogens is 2. The van der Waals surface area contributed by atoms with Crippen molar-refractivity contribution in [2.75, 3.05) is 25.0 Å². The number of amides is 3. The van der Waals surface area contributed by atoms with Crippen molar-refractivity contribution >= 4 is 55.2 Å². The Labute approximate surface area is 323 Å². The average Bonchev–Trinajstić information content (AvgIpc) is 3.89. The molecule has 7 aromatic rings. The zero-order chi connectivity index (χ0) is 38.9. The maximum Gasteiger partial charge on any atom is 0.267 e. The predicted octanol–water partition coefficient (Wildman–Crippen LogP) is 6.14. The fourth-order valence-electron chi connectivity index (χ4n) is 6.39. The third-order valence-corrected chi connectivity index (χ3v) is 11.5. The van der Waals surface area contributed by atoms with Gasteiger partial charge in [-0.3, -0.25) is 24.4 Å². The van der Waals surface area contributed by atoms with Crippen molar-refractivity contribution < 1.29 is 22.8 Å². The Hall–Kier alpha value is -6.64. The molecule has 0 atom stereocenters. The summed E-state index contributed by atoms with van der Waals surface area (Å²) >= 11 is 0. The SMILES string of the molecule is O=C(NCC1CCN(S(=O)(=O)c2ccccc2)CC1)c1cc2cnccc2[nH]1.O=C(Nc1ccc(CNC(=O)c2cc3cnccc3[nH]2)cc1)c1ccccc1. The van der Waals surface area contributed by atoms with Gasteiger partial charge in [0.15, 0.2) is 0 Å². The van der Waals surface area contributed by atoms with Crippen molar-refractivity contribution in [3.63, 3.8) is 0 Å². The molecular weight excluding hydrogens is 729 g/mol. The van der Waals surface area contributed by atoms with Gasteiger partial charge in [-0.25, -0.2) is 8.42 Å². The molecular formula is C42H40N8O5S. The largest absolute Gasteiger partial charge is 0.350 e. The van der Waals surface area contributed by atoms with E-state index in [1.807, 2.05) is 54.6 Å². The monoisotopic (exact) mass is 768 g/mol. The fraction of sp³-hybridized carbons (Fsp3) is 0.167. The Kier molecular flexibility index (Phi) is 11.6. The molecule has 1 aliphatic rings. The van der Waals surface area contributed by atoms with Gasteiger partial charge in [-0.15, -0.1) is 0 Å². The third kappa shape index (κ3) is 9.17. The van der Waals surface area contributed by atoms with Crippen LogP contribution in [0.25, 0.3) is 21.8 Å². The summed E-state index contributed by atoms with van der Waals surface area (Å²) in [6.45, 7) is 1.86. The van der Waals surface area contributed by atoms with Gasteiger partial charge in [0, 0.05) is 84.0 Å². The summed E-state index contributed by atoms with van der Waals surface area (Å²) in [5.74, 6) is -0.236. The van der Waals surface area contributed by atoms with E-state index in [9.17, 15) is 22.8 Å². The third-order valence-electron chi connectivity index (χ3n) is 9.54. The second-order valence-electron chi connectivity index (χ2n) is 13.4. The molecule has 0 saturated carbocycles. The van der Waals surface area contributed by atoms with Crippen molar-refractivity contribution in [1.29, 1.82) is 0 Å². The topological polar surface area (TPSA) is 182 Å². The zero-order valence-corrected chi connectivity index (χ0v) is 31.1. The smallest absolute Gasteiger partial charge is 0.267 e. The highest BCUT2D eigenvalue weighted by molar-refractivity contribution is 7.89. The quantitative estimate of drug-likeness (QED) is 0.111. The van der Waals surface area contributed by atoms with Crippen LogP contribution in [0.2, 0.25) is 0 Å². The van der Waals surface area contributed by atoms with Crippen LogP contribution in [0.1, 0.15) is 49.7 Å². The van der Waals surface area contributed by atoms with Gasteiger partial charge in [0.05, 0.1) is 4.90 Å². The number of nitrogens with zero attached hydrogens (tertiary/aromatic N) is 3. The number of benzene rings is 3. The highest BCUT2D eigenvalue weighted by Gasteiger charge is 2.29. The Morgan fingerprint density at radius 1 is 0.679 bits per heavy atom. The van der Waals surface area contributed by atoms with Crippen LogP contribution in [0.3, 0.4) is 0 Å². The predicted molar refractivity (Wildman–Crippen MR) is 214 cm³/mol. The van der Waals surface area contributed by atoms with E-state index in [-0.39, 0.29) is 23.6 Å². The maximum atomic E-state index is 12.7. The second kappa shape index (κ2) is 17.2. The molecule has 4 aromatic heterocycles. The molecule has 284 valence electrons. The summed E-state index contributed by atoms with van der Waals surface area (Å²) in [6.07, 6.45) is 8.24. The number of rotatable bonds is 10. The number of anilines is 1. The lowest BCUT2D eigenvalue weighted by atomic mass is 9.98. The average molecular weight is 769 g/mol. The van der Waals surface area contributed by atoms with E-state index < -0.39 is 10.0 Å². The first kappa shape index (κ1) is 37.7. The number of piperidine rings is 1. The highest BCUT2D eigenvalue weighted by atomic mass is 32.2. The summed E-state index contributed by atoms with van der Waals surface area (Å²) in [5, 5.41) is 10.5. The van der Waals surface area contributed by atoms with E-state index in [2.05, 4.69) is 35.9 Å². The number of aromatic nitrogens is 4. The van der Waals surface area contributed by atoms with Crippen LogP contribution in [0.4, 0.5) is 5.69 Å². The minimum atomic E-state index is -3.44. The van der Waals surface area contributed by atoms with Gasteiger partial charge in [0.1, 0.15) is 11.4 Å². The van der Waals surface area contributed by atoms with E-state index in [1.54, 1.807) is 79.4 Å². The van der Waals surface area contributed by atoms with Gasteiger partial charge < -0.3 is 25.9 Å². The van der Waals surface area contributed by atoms with Gasteiger partial charge in [-0.05, 0) is 85.0 Å². The minimum absolute atomic E-state index is 0.157. The number of nitrogens with one attached hydrogen (secondary N) is 5. The normalized spacial score (nSPS) is 13.4. The molecule has 0 radical (unpaired) electrons. The molecule has 3 aromatic carbocycles. The molecule has 56 heavy (non-hydrogen) atoms. The molecule has 8 rings (SSSR count).